The highest BCUT2D eigenvalue weighted by atomic mass is 35.5. The maximum atomic E-state index is 12.6. The van der Waals surface area contributed by atoms with E-state index in [0.717, 1.165) is 38.9 Å². The van der Waals surface area contributed by atoms with Crippen LogP contribution in [0.15, 0.2) is 36.4 Å². The second-order valence-electron chi connectivity index (χ2n) is 7.19. The molecule has 30 heavy (non-hydrogen) atoms. The first-order valence-corrected chi connectivity index (χ1v) is 12.9. The van der Waals surface area contributed by atoms with E-state index in [9.17, 15) is 13.2 Å². The predicted octanol–water partition coefficient (Wildman–Crippen LogP) is 6.36. The Kier molecular flexibility index (Phi) is 7.45. The van der Waals surface area contributed by atoms with E-state index in [1.165, 1.54) is 0 Å². The van der Waals surface area contributed by atoms with Crippen molar-refractivity contribution >= 4 is 60.6 Å². The van der Waals surface area contributed by atoms with E-state index in [0.29, 0.717) is 28.5 Å². The third-order valence-corrected chi connectivity index (χ3v) is 8.23. The van der Waals surface area contributed by atoms with Gasteiger partial charge < -0.3 is 0 Å². The van der Waals surface area contributed by atoms with E-state index >= 15 is 0 Å². The van der Waals surface area contributed by atoms with E-state index in [1.54, 1.807) is 29.5 Å². The first-order chi connectivity index (χ1) is 14.2. The van der Waals surface area contributed by atoms with E-state index < -0.39 is 15.9 Å². The van der Waals surface area contributed by atoms with Crippen LogP contribution in [0.2, 0.25) is 10.0 Å². The summed E-state index contributed by atoms with van der Waals surface area (Å²) in [5.41, 5.74) is 2.28. The lowest BCUT2D eigenvalue weighted by atomic mass is 10.0. The predicted molar refractivity (Wildman–Crippen MR) is 127 cm³/mol. The lowest BCUT2D eigenvalue weighted by molar-refractivity contribution is 0.0981. The molecule has 1 aromatic heterocycles. The minimum Gasteiger partial charge on any atom is -0.268 e. The molecular weight excluding hydrogens is 461 g/mol. The highest BCUT2D eigenvalue weighted by Crippen LogP contribution is 2.35. The topological polar surface area (TPSA) is 63.2 Å². The van der Waals surface area contributed by atoms with Crippen LogP contribution < -0.4 is 4.72 Å². The van der Waals surface area contributed by atoms with Gasteiger partial charge in [-0.05, 0) is 54.1 Å². The number of benzene rings is 2. The molecule has 0 atom stereocenters. The van der Waals surface area contributed by atoms with Crippen LogP contribution in [0.25, 0.3) is 10.1 Å². The average molecular weight is 484 g/mol. The molecule has 1 heterocycles. The molecule has 0 saturated heterocycles. The number of hydrogen-bond donors (Lipinski definition) is 1. The Morgan fingerprint density at radius 3 is 2.63 bits per heavy atom. The summed E-state index contributed by atoms with van der Waals surface area (Å²) in [6.45, 7) is 4.02. The molecule has 3 rings (SSSR count). The fourth-order valence-corrected chi connectivity index (χ4v) is 5.84. The van der Waals surface area contributed by atoms with Crippen LogP contribution in [0.4, 0.5) is 0 Å². The van der Waals surface area contributed by atoms with Crippen LogP contribution in [-0.4, -0.2) is 20.1 Å². The molecule has 4 nitrogen and oxygen atoms in total. The van der Waals surface area contributed by atoms with Crippen LogP contribution in [0.3, 0.4) is 0 Å². The number of sulfonamides is 1. The fraction of sp³-hybridized carbons (Fsp3) is 0.318. The molecule has 1 N–H and O–H groups in total. The van der Waals surface area contributed by atoms with Gasteiger partial charge >= 0.3 is 0 Å². The summed E-state index contributed by atoms with van der Waals surface area (Å²) in [7, 11) is -3.65. The molecule has 0 spiro atoms. The molecule has 0 aliphatic carbocycles. The lowest BCUT2D eigenvalue weighted by Crippen LogP contribution is -2.32. The van der Waals surface area contributed by atoms with Crippen molar-refractivity contribution in [3.63, 3.8) is 0 Å². The lowest BCUT2D eigenvalue weighted by Gasteiger charge is -2.08. The minimum absolute atomic E-state index is 0.0507. The number of carbonyl (C=O) groups excluding carboxylic acids is 1. The van der Waals surface area contributed by atoms with Crippen molar-refractivity contribution in [1.29, 1.82) is 0 Å². The Bertz CT molecular complexity index is 1190. The van der Waals surface area contributed by atoms with Gasteiger partial charge in [-0.2, -0.15) is 0 Å². The zero-order valence-corrected chi connectivity index (χ0v) is 19.9. The first-order valence-electron chi connectivity index (χ1n) is 9.71. The number of halogens is 2. The van der Waals surface area contributed by atoms with Gasteiger partial charge in [-0.15, -0.1) is 11.3 Å². The summed E-state index contributed by atoms with van der Waals surface area (Å²) < 4.78 is 27.6. The fourth-order valence-electron chi connectivity index (χ4n) is 3.30. The molecule has 160 valence electrons. The Morgan fingerprint density at radius 1 is 1.13 bits per heavy atom. The maximum Gasteiger partial charge on any atom is 0.264 e. The summed E-state index contributed by atoms with van der Waals surface area (Å²) in [6.07, 6.45) is 2.83. The third-order valence-electron chi connectivity index (χ3n) is 4.92. The molecule has 0 bridgehead atoms. The second-order valence-corrected chi connectivity index (χ2v) is 11.1. The zero-order valence-electron chi connectivity index (χ0n) is 16.8. The number of thiophene rings is 1. The molecule has 3 aromatic rings. The van der Waals surface area contributed by atoms with Crippen molar-refractivity contribution < 1.29 is 13.2 Å². The third kappa shape index (κ3) is 5.35. The van der Waals surface area contributed by atoms with Gasteiger partial charge in [0.05, 0.1) is 15.8 Å². The van der Waals surface area contributed by atoms with Crippen molar-refractivity contribution in [2.45, 2.75) is 39.5 Å². The van der Waals surface area contributed by atoms with Gasteiger partial charge in [-0.3, -0.25) is 4.79 Å². The maximum absolute atomic E-state index is 12.6. The molecule has 0 saturated carbocycles. The highest BCUT2D eigenvalue weighted by Gasteiger charge is 2.18. The molecule has 0 unspecified atom stereocenters. The average Bonchev–Trinajstić information content (AvgIpc) is 2.99. The molecule has 0 aliphatic heterocycles. The Balaban J connectivity index is 1.89. The number of amides is 1. The van der Waals surface area contributed by atoms with Gasteiger partial charge in [0.15, 0.2) is 0 Å². The summed E-state index contributed by atoms with van der Waals surface area (Å²) >= 11 is 14.1. The van der Waals surface area contributed by atoms with Crippen LogP contribution in [0.5, 0.6) is 0 Å². The van der Waals surface area contributed by atoms with Crippen molar-refractivity contribution in [2.24, 2.45) is 0 Å². The zero-order chi connectivity index (χ0) is 21.9. The standard InChI is InChI=1S/C22H23Cl2NO3S2/c1-3-4-5-11-30(27,28)25-22(26)16-9-10-20-18(13-16)17(14(2)29-20)12-15-7-6-8-19(23)21(15)24/h6-10,13H,3-5,11-12H2,1-2H3,(H,25,26). The molecule has 8 heteroatoms. The number of fused-ring (bicyclic) bond motifs is 1. The van der Waals surface area contributed by atoms with Crippen LogP contribution >= 0.6 is 34.5 Å². The Labute approximate surface area is 191 Å². The molecular formula is C22H23Cl2NO3S2. The second kappa shape index (κ2) is 9.69. The SMILES string of the molecule is CCCCCS(=O)(=O)NC(=O)c1ccc2sc(C)c(Cc3cccc(Cl)c3Cl)c2c1. The van der Waals surface area contributed by atoms with Gasteiger partial charge in [-0.25, -0.2) is 13.1 Å². The normalized spacial score (nSPS) is 11.7. The monoisotopic (exact) mass is 483 g/mol. The molecule has 0 fully saturated rings. The van der Waals surface area contributed by atoms with Crippen molar-refractivity contribution in [2.75, 3.05) is 5.75 Å². The molecule has 0 aliphatic rings. The van der Waals surface area contributed by atoms with Crippen LogP contribution in [-0.2, 0) is 16.4 Å². The number of aryl methyl sites for hydroxylation is 1. The first kappa shape index (κ1) is 23.1. The summed E-state index contributed by atoms with van der Waals surface area (Å²) in [6, 6.07) is 10.8. The Morgan fingerprint density at radius 2 is 1.90 bits per heavy atom. The van der Waals surface area contributed by atoms with Crippen molar-refractivity contribution in [3.8, 4) is 0 Å². The van der Waals surface area contributed by atoms with E-state index in [2.05, 4.69) is 4.72 Å². The largest absolute Gasteiger partial charge is 0.268 e. The van der Waals surface area contributed by atoms with Crippen molar-refractivity contribution in [3.05, 3.63) is 68.0 Å². The number of rotatable bonds is 8. The van der Waals surface area contributed by atoms with Gasteiger partial charge in [0, 0.05) is 21.6 Å². The highest BCUT2D eigenvalue weighted by molar-refractivity contribution is 7.90. The Hall–Kier alpha value is -1.60. The smallest absolute Gasteiger partial charge is 0.264 e. The molecule has 2 aromatic carbocycles. The van der Waals surface area contributed by atoms with E-state index in [1.807, 2.05) is 32.0 Å². The molecule has 0 radical (unpaired) electrons. The summed E-state index contributed by atoms with van der Waals surface area (Å²) in [4.78, 5) is 13.7. The number of nitrogens with one attached hydrogen (secondary N) is 1. The molecule has 1 amide bonds. The number of carbonyl (C=O) groups is 1. The van der Waals surface area contributed by atoms with Crippen LogP contribution in [0.1, 0.15) is 52.5 Å². The van der Waals surface area contributed by atoms with Gasteiger partial charge in [0.2, 0.25) is 10.0 Å². The van der Waals surface area contributed by atoms with E-state index in [-0.39, 0.29) is 5.75 Å². The van der Waals surface area contributed by atoms with E-state index in [4.69, 9.17) is 23.2 Å². The summed E-state index contributed by atoms with van der Waals surface area (Å²) in [5.74, 6) is -0.658. The summed E-state index contributed by atoms with van der Waals surface area (Å²) in [5, 5.41) is 1.94. The van der Waals surface area contributed by atoms with Gasteiger partial charge in [0.1, 0.15) is 0 Å². The quantitative estimate of drug-likeness (QED) is 0.379. The minimum atomic E-state index is -3.65. The van der Waals surface area contributed by atoms with Gasteiger partial charge in [0.25, 0.3) is 5.91 Å². The number of hydrogen-bond acceptors (Lipinski definition) is 4. The van der Waals surface area contributed by atoms with Crippen LogP contribution in [0, 0.1) is 6.92 Å². The number of unbranched alkanes of at least 4 members (excludes halogenated alkanes) is 2. The van der Waals surface area contributed by atoms with Gasteiger partial charge in [-0.1, -0.05) is 55.1 Å². The van der Waals surface area contributed by atoms with Crippen molar-refractivity contribution in [1.82, 2.24) is 4.72 Å².